The van der Waals surface area contributed by atoms with Gasteiger partial charge < -0.3 is 20.3 Å². The number of unbranched alkanes of at least 4 members (excludes halogenated alkanes) is 43. The van der Waals surface area contributed by atoms with Crippen LogP contribution in [0.2, 0.25) is 0 Å². The van der Waals surface area contributed by atoms with Crippen molar-refractivity contribution < 1.29 is 24.5 Å². The van der Waals surface area contributed by atoms with E-state index in [0.29, 0.717) is 19.4 Å². The number of esters is 1. The summed E-state index contributed by atoms with van der Waals surface area (Å²) >= 11 is 0. The Kier molecular flexibility index (Phi) is 63.0. The highest BCUT2D eigenvalue weighted by atomic mass is 16.5. The molecule has 2 unspecified atom stereocenters. The van der Waals surface area contributed by atoms with E-state index in [2.05, 4.69) is 67.8 Å². The Morgan fingerprint density at radius 3 is 1.03 bits per heavy atom. The molecule has 444 valence electrons. The Morgan fingerprint density at radius 1 is 0.368 bits per heavy atom. The second-order valence-corrected chi connectivity index (χ2v) is 22.8. The molecule has 6 heteroatoms. The summed E-state index contributed by atoms with van der Waals surface area (Å²) in [6.07, 6.45) is 85.7. The number of carbonyl (C=O) groups excluding carboxylic acids is 2. The van der Waals surface area contributed by atoms with Gasteiger partial charge in [-0.15, -0.1) is 0 Å². The van der Waals surface area contributed by atoms with Crippen LogP contribution >= 0.6 is 0 Å². The van der Waals surface area contributed by atoms with E-state index in [1.807, 2.05) is 6.08 Å². The molecular weight excluding hydrogens is 935 g/mol. The topological polar surface area (TPSA) is 95.9 Å². The molecule has 2 atom stereocenters. The van der Waals surface area contributed by atoms with Gasteiger partial charge in [-0.25, -0.2) is 0 Å². The molecule has 0 aliphatic carbocycles. The lowest BCUT2D eigenvalue weighted by Crippen LogP contribution is -2.45. The van der Waals surface area contributed by atoms with Crippen LogP contribution in [0.25, 0.3) is 0 Å². The van der Waals surface area contributed by atoms with Crippen LogP contribution in [0.3, 0.4) is 0 Å². The highest BCUT2D eigenvalue weighted by Crippen LogP contribution is 2.17. The number of rotatable bonds is 62. The Morgan fingerprint density at radius 2 is 0.658 bits per heavy atom. The predicted octanol–water partition coefficient (Wildman–Crippen LogP) is 21.5. The van der Waals surface area contributed by atoms with Crippen molar-refractivity contribution >= 4 is 11.9 Å². The van der Waals surface area contributed by atoms with E-state index in [4.69, 9.17) is 4.74 Å². The number of hydrogen-bond acceptors (Lipinski definition) is 5. The molecule has 0 saturated carbocycles. The zero-order chi connectivity index (χ0) is 55.0. The second kappa shape index (κ2) is 65.1. The second-order valence-electron chi connectivity index (χ2n) is 22.8. The fourth-order valence-electron chi connectivity index (χ4n) is 10.1. The molecule has 0 aliphatic heterocycles. The molecule has 0 spiro atoms. The molecule has 0 aromatic heterocycles. The normalized spacial score (nSPS) is 12.9. The van der Waals surface area contributed by atoms with Gasteiger partial charge in [0.15, 0.2) is 0 Å². The summed E-state index contributed by atoms with van der Waals surface area (Å²) in [5.41, 5.74) is 0. The monoisotopic (exact) mass is 1060 g/mol. The fourth-order valence-corrected chi connectivity index (χ4v) is 10.1. The van der Waals surface area contributed by atoms with Crippen molar-refractivity contribution in [1.82, 2.24) is 5.32 Å². The third kappa shape index (κ3) is 60.8. The van der Waals surface area contributed by atoms with Gasteiger partial charge in [-0.05, 0) is 96.3 Å². The molecule has 0 aromatic carbocycles. The minimum absolute atomic E-state index is 0.00353. The number of allylic oxidation sites excluding steroid dienone is 9. The molecule has 0 saturated heterocycles. The summed E-state index contributed by atoms with van der Waals surface area (Å²) < 4.78 is 5.49. The molecule has 0 aromatic rings. The van der Waals surface area contributed by atoms with Gasteiger partial charge in [-0.3, -0.25) is 9.59 Å². The van der Waals surface area contributed by atoms with Crippen molar-refractivity contribution in [2.75, 3.05) is 13.2 Å². The summed E-state index contributed by atoms with van der Waals surface area (Å²) in [6.45, 7) is 4.88. The Bertz CT molecular complexity index is 1320. The van der Waals surface area contributed by atoms with Crippen molar-refractivity contribution in [3.8, 4) is 0 Å². The SMILES string of the molecule is CCCCC/C=C\C/C=C\CCCCCCCCCC(=O)OCCCCCCCCCCC/C=C\C/C=C\CCCCCCCCCCCCCCCC(=O)NC(CO)C(O)/C=C/CCCCCCCCCCCCC. The van der Waals surface area contributed by atoms with Gasteiger partial charge in [0.1, 0.15) is 0 Å². The quantitative estimate of drug-likeness (QED) is 0.0320. The van der Waals surface area contributed by atoms with E-state index in [9.17, 15) is 19.8 Å². The van der Waals surface area contributed by atoms with Crippen LogP contribution in [0, 0.1) is 0 Å². The molecule has 0 aliphatic rings. The molecule has 0 bridgehead atoms. The van der Waals surface area contributed by atoms with Gasteiger partial charge >= 0.3 is 5.97 Å². The molecule has 1 amide bonds. The maximum atomic E-state index is 12.5. The first-order chi connectivity index (χ1) is 37.5. The first kappa shape index (κ1) is 73.6. The van der Waals surface area contributed by atoms with E-state index >= 15 is 0 Å². The van der Waals surface area contributed by atoms with Crippen molar-refractivity contribution in [2.24, 2.45) is 0 Å². The largest absolute Gasteiger partial charge is 0.466 e. The number of hydrogen-bond donors (Lipinski definition) is 3. The van der Waals surface area contributed by atoms with Crippen LogP contribution in [-0.4, -0.2) is 47.4 Å². The maximum Gasteiger partial charge on any atom is 0.305 e. The number of aliphatic hydroxyl groups is 2. The number of ether oxygens (including phenoxy) is 1. The minimum Gasteiger partial charge on any atom is -0.466 e. The van der Waals surface area contributed by atoms with Crippen LogP contribution < -0.4 is 5.32 Å². The molecule has 0 rings (SSSR count). The highest BCUT2D eigenvalue weighted by molar-refractivity contribution is 5.76. The number of carbonyl (C=O) groups is 2. The Balaban J connectivity index is 3.42. The smallest absolute Gasteiger partial charge is 0.305 e. The van der Waals surface area contributed by atoms with Gasteiger partial charge in [-0.2, -0.15) is 0 Å². The summed E-state index contributed by atoms with van der Waals surface area (Å²) in [7, 11) is 0. The van der Waals surface area contributed by atoms with E-state index in [1.54, 1.807) is 6.08 Å². The molecule has 0 heterocycles. The molecule has 0 fully saturated rings. The number of aliphatic hydroxyl groups excluding tert-OH is 2. The maximum absolute atomic E-state index is 12.5. The van der Waals surface area contributed by atoms with Crippen molar-refractivity contribution in [3.63, 3.8) is 0 Å². The molecular formula is C70H129NO5. The lowest BCUT2D eigenvalue weighted by molar-refractivity contribution is -0.143. The number of nitrogens with one attached hydrogen (secondary N) is 1. The summed E-state index contributed by atoms with van der Waals surface area (Å²) in [6, 6.07) is -0.629. The first-order valence-corrected chi connectivity index (χ1v) is 33.6. The lowest BCUT2D eigenvalue weighted by Gasteiger charge is -2.20. The van der Waals surface area contributed by atoms with Crippen LogP contribution in [0.1, 0.15) is 348 Å². The van der Waals surface area contributed by atoms with E-state index in [0.717, 1.165) is 57.8 Å². The third-order valence-electron chi connectivity index (χ3n) is 15.3. The van der Waals surface area contributed by atoms with Crippen molar-refractivity contribution in [2.45, 2.75) is 360 Å². The standard InChI is InChI=1S/C70H129NO5/c1-3-5-7-9-11-13-15-17-18-32-36-40-44-48-52-56-60-64-70(75)76-65-61-57-53-49-45-41-37-34-31-29-27-25-23-21-19-20-22-24-26-28-30-33-35-39-43-47-51-55-59-63-69(74)71-67(66-72)68(73)62-58-54-50-46-42-38-16-14-12-10-8-6-4-2/h11,13,17-19,21,25,27,58,62,67-68,72-73H,3-10,12,14-16,20,22-24,26,28-57,59-61,63-66H2,1-2H3,(H,71,74)/b13-11-,18-17-,21-19-,27-25-,62-58+. The van der Waals surface area contributed by atoms with Gasteiger partial charge in [0.05, 0.1) is 25.4 Å². The van der Waals surface area contributed by atoms with Gasteiger partial charge in [-0.1, -0.05) is 299 Å². The third-order valence-corrected chi connectivity index (χ3v) is 15.3. The van der Waals surface area contributed by atoms with Crippen molar-refractivity contribution in [1.29, 1.82) is 0 Å². The van der Waals surface area contributed by atoms with Crippen LogP contribution in [0.4, 0.5) is 0 Å². The molecule has 0 radical (unpaired) electrons. The molecule has 76 heavy (non-hydrogen) atoms. The average Bonchev–Trinajstić information content (AvgIpc) is 3.42. The highest BCUT2D eigenvalue weighted by Gasteiger charge is 2.18. The van der Waals surface area contributed by atoms with E-state index in [-0.39, 0.29) is 18.5 Å². The summed E-state index contributed by atoms with van der Waals surface area (Å²) in [5, 5.41) is 23.1. The van der Waals surface area contributed by atoms with Crippen molar-refractivity contribution in [3.05, 3.63) is 60.8 Å². The van der Waals surface area contributed by atoms with E-state index in [1.165, 1.54) is 263 Å². The lowest BCUT2D eigenvalue weighted by atomic mass is 10.0. The fraction of sp³-hybridized carbons (Fsp3) is 0.829. The van der Waals surface area contributed by atoms with Crippen LogP contribution in [0.15, 0.2) is 60.8 Å². The van der Waals surface area contributed by atoms with Crippen LogP contribution in [0.5, 0.6) is 0 Å². The first-order valence-electron chi connectivity index (χ1n) is 33.6. The predicted molar refractivity (Wildman–Crippen MR) is 333 cm³/mol. The Hall–Kier alpha value is -2.44. The van der Waals surface area contributed by atoms with E-state index < -0.39 is 12.1 Å². The van der Waals surface area contributed by atoms with Crippen LogP contribution in [-0.2, 0) is 14.3 Å². The Labute approximate surface area is 473 Å². The zero-order valence-corrected chi connectivity index (χ0v) is 50.7. The summed E-state index contributed by atoms with van der Waals surface area (Å²) in [4.78, 5) is 24.5. The number of amides is 1. The minimum atomic E-state index is -0.845. The van der Waals surface area contributed by atoms with Gasteiger partial charge in [0.25, 0.3) is 0 Å². The zero-order valence-electron chi connectivity index (χ0n) is 50.7. The molecule has 3 N–H and O–H groups in total. The van der Waals surface area contributed by atoms with Gasteiger partial charge in [0, 0.05) is 12.8 Å². The average molecular weight is 1060 g/mol. The summed E-state index contributed by atoms with van der Waals surface area (Å²) in [5.74, 6) is -0.0655. The van der Waals surface area contributed by atoms with Gasteiger partial charge in [0.2, 0.25) is 5.91 Å². The molecule has 6 nitrogen and oxygen atoms in total.